The van der Waals surface area contributed by atoms with Crippen LogP contribution in [0, 0.1) is 6.92 Å². The maximum Gasteiger partial charge on any atom is 0.261 e. The summed E-state index contributed by atoms with van der Waals surface area (Å²) in [5.41, 5.74) is 0. The van der Waals surface area contributed by atoms with E-state index in [1.807, 2.05) is 6.92 Å². The zero-order valence-electron chi connectivity index (χ0n) is 12.6. The van der Waals surface area contributed by atoms with E-state index in [0.717, 1.165) is 12.8 Å². The number of carbonyl (C=O) groups is 1. The lowest BCUT2D eigenvalue weighted by atomic mass is 10.2. The zero-order valence-corrected chi connectivity index (χ0v) is 12.6. The highest BCUT2D eigenvalue weighted by molar-refractivity contribution is 5.78. The molecule has 1 aliphatic rings. The van der Waals surface area contributed by atoms with Crippen molar-refractivity contribution in [2.24, 2.45) is 0 Å². The number of amides is 1. The first-order valence-corrected chi connectivity index (χ1v) is 7.35. The minimum atomic E-state index is -0.140. The standard InChI is InChI=1S/C14H18N4O4/c1-3-11-15-14(17-22-11)10-5-4-6-18(10)13(19)8-20-12-7-9(2)21-16-12/h7,10H,3-6,8H2,1-2H3/t10-/m0/s1. The largest absolute Gasteiger partial charge is 0.465 e. The quantitative estimate of drug-likeness (QED) is 0.829. The van der Waals surface area contributed by atoms with E-state index in [0.29, 0.717) is 36.3 Å². The number of hydrogen-bond acceptors (Lipinski definition) is 7. The maximum absolute atomic E-state index is 12.3. The summed E-state index contributed by atoms with van der Waals surface area (Å²) in [6, 6.07) is 1.50. The van der Waals surface area contributed by atoms with Gasteiger partial charge in [0.2, 0.25) is 5.89 Å². The van der Waals surface area contributed by atoms with Crippen molar-refractivity contribution in [3.63, 3.8) is 0 Å². The molecule has 2 aromatic rings. The van der Waals surface area contributed by atoms with E-state index in [-0.39, 0.29) is 18.6 Å². The van der Waals surface area contributed by atoms with Crippen LogP contribution in [0.25, 0.3) is 0 Å². The Kier molecular flexibility index (Phi) is 4.08. The summed E-state index contributed by atoms with van der Waals surface area (Å²) in [6.45, 7) is 4.30. The van der Waals surface area contributed by atoms with Crippen molar-refractivity contribution >= 4 is 5.91 Å². The third-order valence-corrected chi connectivity index (χ3v) is 3.61. The van der Waals surface area contributed by atoms with E-state index in [9.17, 15) is 4.79 Å². The molecule has 1 amide bonds. The maximum atomic E-state index is 12.3. The van der Waals surface area contributed by atoms with Gasteiger partial charge < -0.3 is 18.7 Å². The number of ether oxygens (including phenoxy) is 1. The van der Waals surface area contributed by atoms with Gasteiger partial charge in [-0.3, -0.25) is 4.79 Å². The Morgan fingerprint density at radius 1 is 1.45 bits per heavy atom. The van der Waals surface area contributed by atoms with Crippen LogP contribution in [-0.4, -0.2) is 39.3 Å². The van der Waals surface area contributed by atoms with Crippen LogP contribution in [0.4, 0.5) is 0 Å². The Morgan fingerprint density at radius 3 is 3.00 bits per heavy atom. The van der Waals surface area contributed by atoms with Crippen molar-refractivity contribution in [2.75, 3.05) is 13.2 Å². The number of aromatic nitrogens is 3. The molecule has 0 aliphatic carbocycles. The lowest BCUT2D eigenvalue weighted by molar-refractivity contribution is -0.134. The van der Waals surface area contributed by atoms with Crippen molar-refractivity contribution in [3.05, 3.63) is 23.5 Å². The molecular weight excluding hydrogens is 288 g/mol. The molecule has 8 heteroatoms. The number of carbonyl (C=O) groups excluding carboxylic acids is 1. The molecule has 118 valence electrons. The van der Waals surface area contributed by atoms with Gasteiger partial charge in [0.25, 0.3) is 11.8 Å². The molecule has 1 aliphatic heterocycles. The number of likely N-dealkylation sites (tertiary alicyclic amines) is 1. The van der Waals surface area contributed by atoms with Crippen LogP contribution in [0.5, 0.6) is 5.88 Å². The third kappa shape index (κ3) is 2.95. The minimum absolute atomic E-state index is 0.0824. The molecule has 0 N–H and O–H groups in total. The molecule has 0 bridgehead atoms. The molecular formula is C14H18N4O4. The number of aryl methyl sites for hydroxylation is 2. The van der Waals surface area contributed by atoms with Gasteiger partial charge in [-0.1, -0.05) is 12.1 Å². The van der Waals surface area contributed by atoms with E-state index >= 15 is 0 Å². The van der Waals surface area contributed by atoms with Crippen molar-refractivity contribution in [3.8, 4) is 5.88 Å². The fourth-order valence-corrected chi connectivity index (χ4v) is 2.51. The summed E-state index contributed by atoms with van der Waals surface area (Å²) in [6.07, 6.45) is 2.43. The first kappa shape index (κ1) is 14.6. The molecule has 1 fully saturated rings. The van der Waals surface area contributed by atoms with Crippen molar-refractivity contribution in [1.29, 1.82) is 0 Å². The molecule has 8 nitrogen and oxygen atoms in total. The molecule has 0 aromatic carbocycles. The molecule has 3 heterocycles. The van der Waals surface area contributed by atoms with E-state index in [1.165, 1.54) is 0 Å². The smallest absolute Gasteiger partial charge is 0.261 e. The van der Waals surface area contributed by atoms with Gasteiger partial charge in [-0.2, -0.15) is 4.98 Å². The van der Waals surface area contributed by atoms with Gasteiger partial charge >= 0.3 is 0 Å². The normalized spacial score (nSPS) is 17.9. The summed E-state index contributed by atoms with van der Waals surface area (Å²) in [4.78, 5) is 18.4. The fraction of sp³-hybridized carbons (Fsp3) is 0.571. The lowest BCUT2D eigenvalue weighted by Gasteiger charge is -2.21. The van der Waals surface area contributed by atoms with E-state index in [1.54, 1.807) is 17.9 Å². The zero-order chi connectivity index (χ0) is 15.5. The molecule has 1 saturated heterocycles. The predicted molar refractivity (Wildman–Crippen MR) is 74.1 cm³/mol. The van der Waals surface area contributed by atoms with Crippen molar-refractivity contribution < 1.29 is 18.6 Å². The Hall–Kier alpha value is -2.38. The van der Waals surface area contributed by atoms with Crippen molar-refractivity contribution in [2.45, 2.75) is 39.2 Å². The Balaban J connectivity index is 1.63. The second kappa shape index (κ2) is 6.17. The highest BCUT2D eigenvalue weighted by atomic mass is 16.5. The number of hydrogen-bond donors (Lipinski definition) is 0. The van der Waals surface area contributed by atoms with Gasteiger partial charge in [-0.05, 0) is 24.9 Å². The first-order valence-electron chi connectivity index (χ1n) is 7.35. The van der Waals surface area contributed by atoms with Gasteiger partial charge in [-0.15, -0.1) is 0 Å². The SMILES string of the molecule is CCc1nc([C@@H]2CCCN2C(=O)COc2cc(C)on2)no1. The van der Waals surface area contributed by atoms with Gasteiger partial charge in [0.1, 0.15) is 5.76 Å². The topological polar surface area (TPSA) is 94.5 Å². The average molecular weight is 306 g/mol. The van der Waals surface area contributed by atoms with Crippen LogP contribution in [0.15, 0.2) is 15.1 Å². The van der Waals surface area contributed by atoms with Gasteiger partial charge in [0.15, 0.2) is 12.4 Å². The van der Waals surface area contributed by atoms with Crippen LogP contribution in [0.3, 0.4) is 0 Å². The summed E-state index contributed by atoms with van der Waals surface area (Å²) in [5.74, 6) is 1.99. The summed E-state index contributed by atoms with van der Waals surface area (Å²) < 4.78 is 15.4. The predicted octanol–water partition coefficient (Wildman–Crippen LogP) is 1.67. The first-order chi connectivity index (χ1) is 10.7. The highest BCUT2D eigenvalue weighted by Crippen LogP contribution is 2.30. The molecule has 22 heavy (non-hydrogen) atoms. The van der Waals surface area contributed by atoms with E-state index in [4.69, 9.17) is 13.8 Å². The van der Waals surface area contributed by atoms with Gasteiger partial charge in [0, 0.05) is 19.0 Å². The van der Waals surface area contributed by atoms with Crippen LogP contribution >= 0.6 is 0 Å². The van der Waals surface area contributed by atoms with Crippen LogP contribution in [-0.2, 0) is 11.2 Å². The second-order valence-corrected chi connectivity index (χ2v) is 5.21. The molecule has 1 atom stereocenters. The summed E-state index contributed by atoms with van der Waals surface area (Å²) in [7, 11) is 0. The number of nitrogens with zero attached hydrogens (tertiary/aromatic N) is 4. The Bertz CT molecular complexity index is 651. The molecule has 0 spiro atoms. The molecule has 0 radical (unpaired) electrons. The van der Waals surface area contributed by atoms with Gasteiger partial charge in [-0.25, -0.2) is 0 Å². The van der Waals surface area contributed by atoms with Crippen LogP contribution in [0.2, 0.25) is 0 Å². The minimum Gasteiger partial charge on any atom is -0.465 e. The highest BCUT2D eigenvalue weighted by Gasteiger charge is 2.33. The molecule has 2 aromatic heterocycles. The Labute approximate surface area is 127 Å². The number of rotatable bonds is 5. The van der Waals surface area contributed by atoms with Crippen LogP contribution < -0.4 is 4.74 Å². The Morgan fingerprint density at radius 2 is 2.32 bits per heavy atom. The van der Waals surface area contributed by atoms with Crippen molar-refractivity contribution in [1.82, 2.24) is 20.2 Å². The lowest BCUT2D eigenvalue weighted by Crippen LogP contribution is -2.34. The van der Waals surface area contributed by atoms with Crippen LogP contribution in [0.1, 0.15) is 43.3 Å². The van der Waals surface area contributed by atoms with Gasteiger partial charge in [0.05, 0.1) is 6.04 Å². The van der Waals surface area contributed by atoms with E-state index < -0.39 is 0 Å². The van der Waals surface area contributed by atoms with E-state index in [2.05, 4.69) is 15.3 Å². The summed E-state index contributed by atoms with van der Waals surface area (Å²) in [5, 5.41) is 7.67. The summed E-state index contributed by atoms with van der Waals surface area (Å²) >= 11 is 0. The molecule has 0 unspecified atom stereocenters. The second-order valence-electron chi connectivity index (χ2n) is 5.21. The third-order valence-electron chi connectivity index (χ3n) is 3.61. The average Bonchev–Trinajstić information content (AvgIpc) is 3.24. The fourth-order valence-electron chi connectivity index (χ4n) is 2.51. The molecule has 3 rings (SSSR count). The molecule has 0 saturated carbocycles. The monoisotopic (exact) mass is 306 g/mol.